The molecule has 0 unspecified atom stereocenters. The van der Waals surface area contributed by atoms with Gasteiger partial charge in [0.1, 0.15) is 0 Å². The highest BCUT2D eigenvalue weighted by Gasteiger charge is 2.13. The number of rotatable bonds is 5. The highest BCUT2D eigenvalue weighted by Crippen LogP contribution is 2.03. The van der Waals surface area contributed by atoms with E-state index in [-0.39, 0.29) is 12.4 Å². The zero-order chi connectivity index (χ0) is 11.1. The van der Waals surface area contributed by atoms with E-state index in [2.05, 4.69) is 9.80 Å². The molecule has 0 amide bonds. The molecule has 0 radical (unpaired) electrons. The first-order valence-electron chi connectivity index (χ1n) is 5.61. The van der Waals surface area contributed by atoms with Crippen LogP contribution >= 0.6 is 0 Å². The second-order valence-corrected chi connectivity index (χ2v) is 4.04. The Balaban J connectivity index is 2.23. The number of hydrogen-bond donors (Lipinski definition) is 3. The first kappa shape index (κ1) is 12.4. The summed E-state index contributed by atoms with van der Waals surface area (Å²) in [6.07, 6.45) is 1.80. The van der Waals surface area contributed by atoms with Gasteiger partial charge in [0.2, 0.25) is 0 Å². The maximum Gasteiger partial charge on any atom is 0.0918 e. The van der Waals surface area contributed by atoms with Gasteiger partial charge in [-0.2, -0.15) is 0 Å². The molecular weight excluding hydrogens is 192 g/mol. The number of nitrogens with one attached hydrogen (secondary N) is 1. The van der Waals surface area contributed by atoms with Gasteiger partial charge in [-0.25, -0.2) is 0 Å². The molecule has 5 heteroatoms. The lowest BCUT2D eigenvalue weighted by Gasteiger charge is -2.20. The summed E-state index contributed by atoms with van der Waals surface area (Å²) in [5.74, 6) is 0.270. The van der Waals surface area contributed by atoms with Crippen molar-refractivity contribution in [2.24, 2.45) is 5.73 Å². The molecule has 1 aliphatic heterocycles. The normalized spacial score (nSPS) is 20.1. The number of aliphatic hydroxyl groups excluding tert-OH is 1. The topological polar surface area (TPSA) is 76.6 Å². The van der Waals surface area contributed by atoms with E-state index in [0.29, 0.717) is 6.42 Å². The summed E-state index contributed by atoms with van der Waals surface area (Å²) in [6, 6.07) is 0. The maximum atomic E-state index is 8.85. The molecule has 1 saturated heterocycles. The van der Waals surface area contributed by atoms with E-state index >= 15 is 0 Å². The summed E-state index contributed by atoms with van der Waals surface area (Å²) in [5.41, 5.74) is 5.34. The summed E-state index contributed by atoms with van der Waals surface area (Å²) in [4.78, 5) is 4.63. The fourth-order valence-corrected chi connectivity index (χ4v) is 1.89. The van der Waals surface area contributed by atoms with Gasteiger partial charge < -0.3 is 15.7 Å². The van der Waals surface area contributed by atoms with E-state index in [1.165, 1.54) is 0 Å². The Labute approximate surface area is 91.4 Å². The summed E-state index contributed by atoms with van der Waals surface area (Å²) < 4.78 is 0. The van der Waals surface area contributed by atoms with Gasteiger partial charge in [0.25, 0.3) is 0 Å². The van der Waals surface area contributed by atoms with Crippen LogP contribution in [0.2, 0.25) is 0 Å². The molecule has 1 rings (SSSR count). The monoisotopic (exact) mass is 214 g/mol. The minimum atomic E-state index is 0.243. The van der Waals surface area contributed by atoms with Gasteiger partial charge >= 0.3 is 0 Å². The van der Waals surface area contributed by atoms with Crippen molar-refractivity contribution >= 4 is 5.84 Å². The van der Waals surface area contributed by atoms with Crippen LogP contribution in [0.5, 0.6) is 0 Å². The fourth-order valence-electron chi connectivity index (χ4n) is 1.89. The maximum absolute atomic E-state index is 8.85. The molecule has 0 atom stereocenters. The van der Waals surface area contributed by atoms with Gasteiger partial charge in [-0.1, -0.05) is 0 Å². The largest absolute Gasteiger partial charge is 0.395 e. The number of hydrogen-bond acceptors (Lipinski definition) is 4. The molecule has 4 N–H and O–H groups in total. The molecule has 0 saturated carbocycles. The number of aliphatic hydroxyl groups is 1. The van der Waals surface area contributed by atoms with Gasteiger partial charge in [-0.05, 0) is 19.5 Å². The predicted octanol–water partition coefficient (Wildman–Crippen LogP) is -0.688. The first-order valence-corrected chi connectivity index (χ1v) is 5.61. The third kappa shape index (κ3) is 5.11. The predicted molar refractivity (Wildman–Crippen MR) is 61.1 cm³/mol. The molecule has 0 bridgehead atoms. The van der Waals surface area contributed by atoms with E-state index in [0.717, 1.165) is 45.7 Å². The smallest absolute Gasteiger partial charge is 0.0918 e. The van der Waals surface area contributed by atoms with Crippen LogP contribution < -0.4 is 5.73 Å². The average Bonchev–Trinajstić information content (AvgIpc) is 2.41. The number of β-amino-alcohol motifs (C(OH)–C–C–N with tert-alkyl or cyclic N) is 1. The molecular formula is C10H22N4O. The van der Waals surface area contributed by atoms with Gasteiger partial charge in [-0.15, -0.1) is 0 Å². The van der Waals surface area contributed by atoms with Crippen molar-refractivity contribution in [3.05, 3.63) is 0 Å². The number of nitrogens with two attached hydrogens (primary N) is 1. The molecule has 1 heterocycles. The van der Waals surface area contributed by atoms with Gasteiger partial charge in [0, 0.05) is 32.6 Å². The quantitative estimate of drug-likeness (QED) is 0.418. The van der Waals surface area contributed by atoms with Crippen molar-refractivity contribution in [1.82, 2.24) is 9.80 Å². The Morgan fingerprint density at radius 2 is 1.73 bits per heavy atom. The van der Waals surface area contributed by atoms with Crippen molar-refractivity contribution in [3.63, 3.8) is 0 Å². The molecule has 88 valence electrons. The number of amidine groups is 1. The van der Waals surface area contributed by atoms with Crippen LogP contribution in [0.4, 0.5) is 0 Å². The third-order valence-electron chi connectivity index (χ3n) is 2.79. The lowest BCUT2D eigenvalue weighted by atomic mass is 10.3. The third-order valence-corrected chi connectivity index (χ3v) is 2.79. The Hall–Kier alpha value is -0.650. The standard InChI is InChI=1S/C10H22N4O/c11-10(12)2-5-13-3-1-4-14(7-6-13)8-9-15/h15H,1-9H2,(H3,11,12). The van der Waals surface area contributed by atoms with Crippen molar-refractivity contribution in [2.45, 2.75) is 12.8 Å². The van der Waals surface area contributed by atoms with Gasteiger partial charge in [0.05, 0.1) is 12.4 Å². The molecule has 0 aromatic rings. The Morgan fingerprint density at radius 1 is 1.13 bits per heavy atom. The summed E-state index contributed by atoms with van der Waals surface area (Å²) in [6.45, 7) is 6.09. The van der Waals surface area contributed by atoms with E-state index in [9.17, 15) is 0 Å². The summed E-state index contributed by atoms with van der Waals surface area (Å²) in [5, 5.41) is 16.0. The van der Waals surface area contributed by atoms with E-state index < -0.39 is 0 Å². The molecule has 1 fully saturated rings. The molecule has 0 aromatic heterocycles. The Bertz CT molecular complexity index is 198. The minimum absolute atomic E-state index is 0.243. The minimum Gasteiger partial charge on any atom is -0.395 e. The van der Waals surface area contributed by atoms with Crippen LogP contribution in [-0.4, -0.2) is 66.6 Å². The van der Waals surface area contributed by atoms with Crippen LogP contribution in [0.1, 0.15) is 12.8 Å². The van der Waals surface area contributed by atoms with Crippen LogP contribution in [0.25, 0.3) is 0 Å². The van der Waals surface area contributed by atoms with Crippen molar-refractivity contribution in [2.75, 3.05) is 45.9 Å². The molecule has 0 aliphatic carbocycles. The lowest BCUT2D eigenvalue weighted by Crippen LogP contribution is -2.33. The van der Waals surface area contributed by atoms with E-state index in [1.807, 2.05) is 0 Å². The second kappa shape index (κ2) is 6.76. The van der Waals surface area contributed by atoms with Crippen LogP contribution in [0.3, 0.4) is 0 Å². The van der Waals surface area contributed by atoms with E-state index in [4.69, 9.17) is 16.2 Å². The first-order chi connectivity index (χ1) is 7.22. The van der Waals surface area contributed by atoms with Crippen LogP contribution in [0.15, 0.2) is 0 Å². The average molecular weight is 214 g/mol. The number of nitrogens with zero attached hydrogens (tertiary/aromatic N) is 2. The summed E-state index contributed by atoms with van der Waals surface area (Å²) >= 11 is 0. The Kier molecular flexibility index (Phi) is 5.60. The zero-order valence-electron chi connectivity index (χ0n) is 9.28. The van der Waals surface area contributed by atoms with Crippen molar-refractivity contribution < 1.29 is 5.11 Å². The van der Waals surface area contributed by atoms with Crippen LogP contribution in [-0.2, 0) is 0 Å². The highest BCUT2D eigenvalue weighted by atomic mass is 16.3. The van der Waals surface area contributed by atoms with Crippen molar-refractivity contribution in [3.8, 4) is 0 Å². The lowest BCUT2D eigenvalue weighted by molar-refractivity contribution is 0.197. The molecule has 15 heavy (non-hydrogen) atoms. The SMILES string of the molecule is N=C(N)CCN1CCCN(CCO)CC1. The van der Waals surface area contributed by atoms with Gasteiger partial charge in [0.15, 0.2) is 0 Å². The molecule has 1 aliphatic rings. The Morgan fingerprint density at radius 3 is 2.27 bits per heavy atom. The zero-order valence-corrected chi connectivity index (χ0v) is 9.28. The van der Waals surface area contributed by atoms with Gasteiger partial charge in [-0.3, -0.25) is 10.3 Å². The highest BCUT2D eigenvalue weighted by molar-refractivity contribution is 5.76. The van der Waals surface area contributed by atoms with E-state index in [1.54, 1.807) is 0 Å². The fraction of sp³-hybridized carbons (Fsp3) is 0.900. The van der Waals surface area contributed by atoms with Crippen molar-refractivity contribution in [1.29, 1.82) is 5.41 Å². The second-order valence-electron chi connectivity index (χ2n) is 4.04. The molecule has 0 aromatic carbocycles. The molecule has 5 nitrogen and oxygen atoms in total. The summed E-state index contributed by atoms with van der Waals surface area (Å²) in [7, 11) is 0. The molecule has 0 spiro atoms. The van der Waals surface area contributed by atoms with Crippen LogP contribution in [0, 0.1) is 5.41 Å².